The second-order valence-electron chi connectivity index (χ2n) is 11.3. The number of ether oxygens (including phenoxy) is 2. The molecule has 0 atom stereocenters. The molecule has 0 aliphatic heterocycles. The molecule has 0 fully saturated rings. The zero-order chi connectivity index (χ0) is 28.8. The Balaban J connectivity index is 3.67. The Morgan fingerprint density at radius 1 is 0.590 bits per heavy atom. The second-order valence-corrected chi connectivity index (χ2v) is 11.3. The Hall–Kier alpha value is -1.14. The molecule has 0 rings (SSSR count). The maximum absolute atomic E-state index is 12.1. The molecule has 0 bridgehead atoms. The number of carbonyl (C=O) groups is 2. The maximum Gasteiger partial charge on any atom is 0.306 e. The zero-order valence-corrected chi connectivity index (χ0v) is 26.2. The third-order valence-corrected chi connectivity index (χ3v) is 7.41. The van der Waals surface area contributed by atoms with Crippen molar-refractivity contribution in [2.75, 3.05) is 32.8 Å². The fraction of sp³-hybridized carbons (Fsp3) is 0.939. The van der Waals surface area contributed by atoms with Gasteiger partial charge in [0, 0.05) is 19.4 Å². The Bertz CT molecular complexity index is 536. The van der Waals surface area contributed by atoms with E-state index in [-0.39, 0.29) is 24.6 Å². The van der Waals surface area contributed by atoms with E-state index in [2.05, 4.69) is 25.7 Å². The van der Waals surface area contributed by atoms with Crippen molar-refractivity contribution in [3.05, 3.63) is 0 Å². The van der Waals surface area contributed by atoms with E-state index in [1.54, 1.807) is 0 Å². The van der Waals surface area contributed by atoms with Gasteiger partial charge >= 0.3 is 11.9 Å². The molecule has 6 heteroatoms. The summed E-state index contributed by atoms with van der Waals surface area (Å²) in [6, 6.07) is 0. The fourth-order valence-electron chi connectivity index (χ4n) is 5.04. The SMILES string of the molecule is CCCCCCCCOC(=O)CCCCCCCN(CCO)CCCCCCCC(=O)OC(CCC)CCC. The van der Waals surface area contributed by atoms with E-state index in [1.165, 1.54) is 38.5 Å². The molecule has 39 heavy (non-hydrogen) atoms. The fourth-order valence-corrected chi connectivity index (χ4v) is 5.04. The number of nitrogens with zero attached hydrogens (tertiary/aromatic N) is 1. The molecule has 0 amide bonds. The molecule has 0 aliphatic carbocycles. The Kier molecular flexibility index (Phi) is 29.0. The molecule has 232 valence electrons. The highest BCUT2D eigenvalue weighted by molar-refractivity contribution is 5.69. The number of hydrogen-bond donors (Lipinski definition) is 1. The van der Waals surface area contributed by atoms with Crippen LogP contribution in [0, 0.1) is 0 Å². The lowest BCUT2D eigenvalue weighted by molar-refractivity contribution is -0.150. The molecular formula is C33H65NO5. The van der Waals surface area contributed by atoms with Gasteiger partial charge in [-0.2, -0.15) is 0 Å². The van der Waals surface area contributed by atoms with Gasteiger partial charge in [-0.05, 0) is 58.0 Å². The number of aliphatic hydroxyl groups excluding tert-OH is 1. The maximum atomic E-state index is 12.1. The van der Waals surface area contributed by atoms with E-state index in [0.29, 0.717) is 19.4 Å². The lowest BCUT2D eigenvalue weighted by atomic mass is 10.1. The van der Waals surface area contributed by atoms with E-state index >= 15 is 0 Å². The molecule has 0 aromatic heterocycles. The normalized spacial score (nSPS) is 11.4. The van der Waals surface area contributed by atoms with Crippen LogP contribution in [0.25, 0.3) is 0 Å². The molecule has 0 saturated carbocycles. The topological polar surface area (TPSA) is 76.1 Å². The number of carbonyl (C=O) groups excluding carboxylic acids is 2. The van der Waals surface area contributed by atoms with Gasteiger partial charge in [0.2, 0.25) is 0 Å². The van der Waals surface area contributed by atoms with Gasteiger partial charge in [-0.15, -0.1) is 0 Å². The van der Waals surface area contributed by atoms with E-state index in [9.17, 15) is 14.7 Å². The van der Waals surface area contributed by atoms with Crippen molar-refractivity contribution in [1.29, 1.82) is 0 Å². The Labute approximate surface area is 242 Å². The van der Waals surface area contributed by atoms with Crippen molar-refractivity contribution >= 4 is 11.9 Å². The number of hydrogen-bond acceptors (Lipinski definition) is 6. The van der Waals surface area contributed by atoms with Crippen LogP contribution in [-0.2, 0) is 19.1 Å². The molecule has 0 aromatic rings. The monoisotopic (exact) mass is 555 g/mol. The summed E-state index contributed by atoms with van der Waals surface area (Å²) in [5.74, 6) is -0.0651. The predicted octanol–water partition coefficient (Wildman–Crippen LogP) is 8.38. The number of rotatable bonds is 30. The van der Waals surface area contributed by atoms with Crippen molar-refractivity contribution in [3.8, 4) is 0 Å². The first-order valence-corrected chi connectivity index (χ1v) is 16.8. The molecule has 0 aromatic carbocycles. The van der Waals surface area contributed by atoms with Crippen LogP contribution in [0.3, 0.4) is 0 Å². The molecule has 0 saturated heterocycles. The quantitative estimate of drug-likeness (QED) is 0.0708. The summed E-state index contributed by atoms with van der Waals surface area (Å²) >= 11 is 0. The number of esters is 2. The van der Waals surface area contributed by atoms with Crippen LogP contribution in [-0.4, -0.2) is 60.9 Å². The van der Waals surface area contributed by atoms with Gasteiger partial charge in [0.05, 0.1) is 13.2 Å². The molecule has 0 radical (unpaired) electrons. The van der Waals surface area contributed by atoms with E-state index in [4.69, 9.17) is 9.47 Å². The second kappa shape index (κ2) is 29.8. The summed E-state index contributed by atoms with van der Waals surface area (Å²) < 4.78 is 11.0. The van der Waals surface area contributed by atoms with Crippen LogP contribution in [0.4, 0.5) is 0 Å². The third kappa shape index (κ3) is 26.8. The minimum absolute atomic E-state index is 0.0283. The summed E-state index contributed by atoms with van der Waals surface area (Å²) in [5.41, 5.74) is 0. The molecule has 0 aliphatic rings. The number of unbranched alkanes of at least 4 members (excludes halogenated alkanes) is 13. The largest absolute Gasteiger partial charge is 0.466 e. The van der Waals surface area contributed by atoms with E-state index in [1.807, 2.05) is 0 Å². The van der Waals surface area contributed by atoms with Crippen LogP contribution in [0.15, 0.2) is 0 Å². The van der Waals surface area contributed by atoms with Crippen LogP contribution in [0.2, 0.25) is 0 Å². The summed E-state index contributed by atoms with van der Waals surface area (Å²) in [7, 11) is 0. The zero-order valence-electron chi connectivity index (χ0n) is 26.2. The highest BCUT2D eigenvalue weighted by atomic mass is 16.5. The minimum atomic E-state index is -0.0369. The standard InChI is InChI=1S/C33H65NO5/c1-4-7-8-9-16-21-30-38-32(36)24-17-12-10-14-19-26-34(28-29-35)27-20-15-11-13-18-25-33(37)39-31(22-5-2)23-6-3/h31,35H,4-30H2,1-3H3. The van der Waals surface area contributed by atoms with Crippen molar-refractivity contribution in [2.24, 2.45) is 0 Å². The lowest BCUT2D eigenvalue weighted by Crippen LogP contribution is -2.29. The van der Waals surface area contributed by atoms with E-state index in [0.717, 1.165) is 110 Å². The van der Waals surface area contributed by atoms with Crippen molar-refractivity contribution in [2.45, 2.75) is 168 Å². The molecule has 6 nitrogen and oxygen atoms in total. The van der Waals surface area contributed by atoms with Crippen LogP contribution < -0.4 is 0 Å². The van der Waals surface area contributed by atoms with Gasteiger partial charge in [-0.3, -0.25) is 9.59 Å². The summed E-state index contributed by atoms with van der Waals surface area (Å²) in [4.78, 5) is 26.3. The third-order valence-electron chi connectivity index (χ3n) is 7.41. The van der Waals surface area contributed by atoms with Gasteiger partial charge in [0.25, 0.3) is 0 Å². The first-order chi connectivity index (χ1) is 19.1. The van der Waals surface area contributed by atoms with E-state index < -0.39 is 0 Å². The Morgan fingerprint density at radius 3 is 1.62 bits per heavy atom. The predicted molar refractivity (Wildman–Crippen MR) is 163 cm³/mol. The lowest BCUT2D eigenvalue weighted by Gasteiger charge is -2.21. The highest BCUT2D eigenvalue weighted by Crippen LogP contribution is 2.13. The van der Waals surface area contributed by atoms with Gasteiger partial charge in [-0.25, -0.2) is 0 Å². The molecule has 0 spiro atoms. The molecule has 0 unspecified atom stereocenters. The Morgan fingerprint density at radius 2 is 1.08 bits per heavy atom. The van der Waals surface area contributed by atoms with Crippen LogP contribution >= 0.6 is 0 Å². The van der Waals surface area contributed by atoms with Gasteiger partial charge in [0.15, 0.2) is 0 Å². The minimum Gasteiger partial charge on any atom is -0.466 e. The van der Waals surface area contributed by atoms with Crippen LogP contribution in [0.5, 0.6) is 0 Å². The van der Waals surface area contributed by atoms with Gasteiger partial charge < -0.3 is 19.5 Å². The van der Waals surface area contributed by atoms with Crippen molar-refractivity contribution < 1.29 is 24.2 Å². The summed E-state index contributed by atoms with van der Waals surface area (Å²) in [5, 5.41) is 9.41. The first kappa shape index (κ1) is 37.9. The number of aliphatic hydroxyl groups is 1. The summed E-state index contributed by atoms with van der Waals surface area (Å²) in [6.45, 7) is 10.1. The molecule has 0 heterocycles. The smallest absolute Gasteiger partial charge is 0.306 e. The summed E-state index contributed by atoms with van der Waals surface area (Å²) in [6.07, 6.45) is 23.4. The average molecular weight is 556 g/mol. The van der Waals surface area contributed by atoms with Crippen molar-refractivity contribution in [3.63, 3.8) is 0 Å². The molecular weight excluding hydrogens is 490 g/mol. The average Bonchev–Trinajstić information content (AvgIpc) is 2.91. The van der Waals surface area contributed by atoms with Crippen molar-refractivity contribution in [1.82, 2.24) is 4.90 Å². The van der Waals surface area contributed by atoms with Gasteiger partial charge in [-0.1, -0.05) is 104 Å². The highest BCUT2D eigenvalue weighted by Gasteiger charge is 2.12. The van der Waals surface area contributed by atoms with Gasteiger partial charge in [0.1, 0.15) is 6.10 Å². The molecule has 1 N–H and O–H groups in total. The first-order valence-electron chi connectivity index (χ1n) is 16.8. The van der Waals surface area contributed by atoms with Crippen LogP contribution in [0.1, 0.15) is 162 Å².